The molecule has 2 heterocycles. The number of hydrogen-bond donors (Lipinski definition) is 0. The van der Waals surface area contributed by atoms with Crippen molar-refractivity contribution in [2.45, 2.75) is 92.6 Å². The Morgan fingerprint density at radius 3 is 1.16 bits per heavy atom. The van der Waals surface area contributed by atoms with E-state index in [-0.39, 0.29) is 12.2 Å². The van der Waals surface area contributed by atoms with Gasteiger partial charge >= 0.3 is 0 Å². The summed E-state index contributed by atoms with van der Waals surface area (Å²) in [6.45, 7) is 19.9. The van der Waals surface area contributed by atoms with Gasteiger partial charge in [0.05, 0.1) is 37.6 Å². The SMILES string of the molecule is CCC1OC(COC[C@H]2OC(CC)[C@@H](C)C(C)C2C)C(C)C(C)[C@@H]1C. The summed E-state index contributed by atoms with van der Waals surface area (Å²) in [6.07, 6.45) is 3.35. The molecule has 0 radical (unpaired) electrons. The van der Waals surface area contributed by atoms with E-state index in [9.17, 15) is 0 Å². The van der Waals surface area contributed by atoms with Gasteiger partial charge in [-0.2, -0.15) is 0 Å². The molecule has 0 spiro atoms. The van der Waals surface area contributed by atoms with Crippen molar-refractivity contribution in [2.24, 2.45) is 35.5 Å². The molecule has 2 aliphatic rings. The second-order valence-corrected chi connectivity index (χ2v) is 8.93. The lowest BCUT2D eigenvalue weighted by atomic mass is 9.75. The highest BCUT2D eigenvalue weighted by molar-refractivity contribution is 4.87. The van der Waals surface area contributed by atoms with Gasteiger partial charge in [0.25, 0.3) is 0 Å². The highest BCUT2D eigenvalue weighted by atomic mass is 16.6. The van der Waals surface area contributed by atoms with E-state index in [1.807, 2.05) is 0 Å². The van der Waals surface area contributed by atoms with Crippen molar-refractivity contribution in [1.29, 1.82) is 0 Å². The van der Waals surface area contributed by atoms with E-state index in [2.05, 4.69) is 55.4 Å². The van der Waals surface area contributed by atoms with Crippen LogP contribution in [-0.2, 0) is 14.2 Å². The minimum absolute atomic E-state index is 0.216. The first kappa shape index (κ1) is 21.2. The lowest BCUT2D eigenvalue weighted by Crippen LogP contribution is -2.48. The van der Waals surface area contributed by atoms with Gasteiger partial charge in [-0.05, 0) is 48.3 Å². The first-order chi connectivity index (χ1) is 11.8. The van der Waals surface area contributed by atoms with Crippen molar-refractivity contribution < 1.29 is 14.2 Å². The first-order valence-electron chi connectivity index (χ1n) is 10.7. The fraction of sp³-hybridized carbons (Fsp3) is 1.00. The van der Waals surface area contributed by atoms with Crippen LogP contribution < -0.4 is 0 Å². The minimum atomic E-state index is 0.216. The zero-order chi connectivity index (χ0) is 18.7. The third-order valence-electron chi connectivity index (χ3n) is 7.73. The summed E-state index contributed by atoms with van der Waals surface area (Å²) < 4.78 is 18.9. The topological polar surface area (TPSA) is 27.7 Å². The molecule has 0 aromatic heterocycles. The summed E-state index contributed by atoms with van der Waals surface area (Å²) in [5, 5.41) is 0. The molecule has 0 aliphatic carbocycles. The summed E-state index contributed by atoms with van der Waals surface area (Å²) >= 11 is 0. The molecule has 3 heteroatoms. The molecule has 0 bridgehead atoms. The molecular weight excluding hydrogens is 312 g/mol. The Labute approximate surface area is 156 Å². The molecular formula is C22H42O3. The van der Waals surface area contributed by atoms with Crippen molar-refractivity contribution >= 4 is 0 Å². The van der Waals surface area contributed by atoms with Crippen LogP contribution in [0.15, 0.2) is 0 Å². The number of rotatable bonds is 6. The second kappa shape index (κ2) is 9.19. The monoisotopic (exact) mass is 354 g/mol. The molecule has 0 aromatic rings. The van der Waals surface area contributed by atoms with Crippen molar-refractivity contribution in [2.75, 3.05) is 13.2 Å². The van der Waals surface area contributed by atoms with Gasteiger partial charge in [0, 0.05) is 0 Å². The third-order valence-corrected chi connectivity index (χ3v) is 7.73. The van der Waals surface area contributed by atoms with Gasteiger partial charge in [-0.1, -0.05) is 55.4 Å². The molecule has 10 atom stereocenters. The maximum Gasteiger partial charge on any atom is 0.0840 e. The van der Waals surface area contributed by atoms with Crippen LogP contribution in [0.25, 0.3) is 0 Å². The fourth-order valence-electron chi connectivity index (χ4n) is 4.88. The van der Waals surface area contributed by atoms with Gasteiger partial charge < -0.3 is 14.2 Å². The van der Waals surface area contributed by atoms with Gasteiger partial charge in [-0.3, -0.25) is 0 Å². The van der Waals surface area contributed by atoms with Gasteiger partial charge in [-0.15, -0.1) is 0 Å². The van der Waals surface area contributed by atoms with E-state index in [0.717, 1.165) is 12.8 Å². The average molecular weight is 355 g/mol. The molecule has 2 aliphatic heterocycles. The molecule has 2 saturated heterocycles. The average Bonchev–Trinajstić information content (AvgIpc) is 2.61. The Morgan fingerprint density at radius 1 is 0.520 bits per heavy atom. The van der Waals surface area contributed by atoms with Gasteiger partial charge in [0.2, 0.25) is 0 Å². The maximum atomic E-state index is 6.36. The minimum Gasteiger partial charge on any atom is -0.376 e. The molecule has 0 saturated carbocycles. The van der Waals surface area contributed by atoms with E-state index in [0.29, 0.717) is 60.9 Å². The van der Waals surface area contributed by atoms with E-state index < -0.39 is 0 Å². The van der Waals surface area contributed by atoms with Crippen molar-refractivity contribution in [1.82, 2.24) is 0 Å². The maximum absolute atomic E-state index is 6.36. The van der Waals surface area contributed by atoms with Crippen LogP contribution in [0.5, 0.6) is 0 Å². The largest absolute Gasteiger partial charge is 0.376 e. The molecule has 0 aromatic carbocycles. The fourth-order valence-corrected chi connectivity index (χ4v) is 4.88. The van der Waals surface area contributed by atoms with Crippen LogP contribution in [0.1, 0.15) is 68.2 Å². The standard InChI is InChI=1S/C22H42O3/c1-9-19-15(5)13(3)17(7)21(24-19)11-23-12-22-18(8)14(4)16(6)20(10-2)25-22/h13-22H,9-12H2,1-8H3/t13?,14?,15-,16-,17?,18?,19?,20?,21+,22?/m0/s1. The van der Waals surface area contributed by atoms with Gasteiger partial charge in [0.1, 0.15) is 0 Å². The lowest BCUT2D eigenvalue weighted by Gasteiger charge is -2.45. The third kappa shape index (κ3) is 4.59. The van der Waals surface area contributed by atoms with Gasteiger partial charge in [-0.25, -0.2) is 0 Å². The number of ether oxygens (including phenoxy) is 3. The van der Waals surface area contributed by atoms with E-state index in [1.54, 1.807) is 0 Å². The van der Waals surface area contributed by atoms with E-state index in [1.165, 1.54) is 0 Å². The van der Waals surface area contributed by atoms with Crippen LogP contribution in [-0.4, -0.2) is 37.6 Å². The van der Waals surface area contributed by atoms with Crippen LogP contribution in [0.3, 0.4) is 0 Å². The zero-order valence-electron chi connectivity index (χ0n) is 17.8. The smallest absolute Gasteiger partial charge is 0.0840 e. The summed E-state index contributed by atoms with van der Waals surface area (Å²) in [5.41, 5.74) is 0. The Bertz CT molecular complexity index is 359. The molecule has 0 amide bonds. The van der Waals surface area contributed by atoms with Crippen molar-refractivity contribution in [3.05, 3.63) is 0 Å². The highest BCUT2D eigenvalue weighted by Crippen LogP contribution is 2.38. The molecule has 148 valence electrons. The first-order valence-corrected chi connectivity index (χ1v) is 10.7. The zero-order valence-corrected chi connectivity index (χ0v) is 17.8. The molecule has 7 unspecified atom stereocenters. The Kier molecular flexibility index (Phi) is 7.79. The van der Waals surface area contributed by atoms with Crippen LogP contribution in [0, 0.1) is 35.5 Å². The molecule has 0 N–H and O–H groups in total. The van der Waals surface area contributed by atoms with Crippen molar-refractivity contribution in [3.8, 4) is 0 Å². The molecule has 2 fully saturated rings. The van der Waals surface area contributed by atoms with E-state index in [4.69, 9.17) is 14.2 Å². The summed E-state index contributed by atoms with van der Waals surface area (Å²) in [7, 11) is 0. The lowest BCUT2D eigenvalue weighted by molar-refractivity contribution is -0.182. The van der Waals surface area contributed by atoms with E-state index >= 15 is 0 Å². The van der Waals surface area contributed by atoms with Crippen LogP contribution >= 0.6 is 0 Å². The summed E-state index contributed by atoms with van der Waals surface area (Å²) in [5.74, 6) is 3.72. The summed E-state index contributed by atoms with van der Waals surface area (Å²) in [4.78, 5) is 0. The number of hydrogen-bond acceptors (Lipinski definition) is 3. The van der Waals surface area contributed by atoms with Crippen LogP contribution in [0.2, 0.25) is 0 Å². The Balaban J connectivity index is 1.87. The van der Waals surface area contributed by atoms with Crippen LogP contribution in [0.4, 0.5) is 0 Å². The second-order valence-electron chi connectivity index (χ2n) is 8.93. The molecule has 25 heavy (non-hydrogen) atoms. The summed E-state index contributed by atoms with van der Waals surface area (Å²) in [6, 6.07) is 0. The Hall–Kier alpha value is -0.120. The highest BCUT2D eigenvalue weighted by Gasteiger charge is 2.40. The Morgan fingerprint density at radius 2 is 0.840 bits per heavy atom. The predicted molar refractivity (Wildman–Crippen MR) is 104 cm³/mol. The van der Waals surface area contributed by atoms with Gasteiger partial charge in [0.15, 0.2) is 0 Å². The predicted octanol–water partition coefficient (Wildman–Crippen LogP) is 5.17. The molecule has 2 rings (SSSR count). The molecule has 3 nitrogen and oxygen atoms in total. The quantitative estimate of drug-likeness (QED) is 0.658. The normalized spacial score (nSPS) is 48.5. The van der Waals surface area contributed by atoms with Crippen molar-refractivity contribution in [3.63, 3.8) is 0 Å².